The van der Waals surface area contributed by atoms with E-state index in [1.807, 2.05) is 0 Å². The average molecular weight is 273 g/mol. The summed E-state index contributed by atoms with van der Waals surface area (Å²) in [5.74, 6) is -0.436. The second-order valence-corrected chi connectivity index (χ2v) is 4.16. The van der Waals surface area contributed by atoms with Crippen molar-refractivity contribution in [3.05, 3.63) is 53.3 Å². The molecule has 0 fully saturated rings. The largest absolute Gasteiger partial charge is 0.505 e. The molecule has 0 atom stereocenters. The fourth-order valence-corrected chi connectivity index (χ4v) is 1.73. The van der Waals surface area contributed by atoms with Gasteiger partial charge in [-0.3, -0.25) is 0 Å². The lowest BCUT2D eigenvalue weighted by Crippen LogP contribution is -2.00. The lowest BCUT2D eigenvalue weighted by Gasteiger charge is -2.11. The molecule has 0 spiro atoms. The summed E-state index contributed by atoms with van der Waals surface area (Å²) in [6, 6.07) is 9.33. The Kier molecular flexibility index (Phi) is 4.06. The van der Waals surface area contributed by atoms with Crippen LogP contribution in [0.1, 0.15) is 11.1 Å². The number of para-hydroxylation sites is 1. The molecule has 2 aromatic carbocycles. The normalized spacial score (nSPS) is 9.85. The summed E-state index contributed by atoms with van der Waals surface area (Å²) in [7, 11) is 0. The van der Waals surface area contributed by atoms with Gasteiger partial charge in [0.15, 0.2) is 11.6 Å². The molecule has 5 heteroatoms. The van der Waals surface area contributed by atoms with Crippen LogP contribution >= 0.6 is 0 Å². The van der Waals surface area contributed by atoms with Crippen LogP contribution < -0.4 is 9.47 Å². The van der Waals surface area contributed by atoms with Crippen LogP contribution in [0.4, 0.5) is 4.39 Å². The molecule has 0 amide bonds. The Morgan fingerprint density at radius 3 is 2.75 bits per heavy atom. The maximum atomic E-state index is 13.3. The van der Waals surface area contributed by atoms with Crippen molar-refractivity contribution in [1.29, 1.82) is 5.26 Å². The smallest absolute Gasteiger partial charge is 0.292 e. The number of hydrogen-bond acceptors (Lipinski definition) is 4. The number of nitrogens with zero attached hydrogens (tertiary/aromatic N) is 1. The van der Waals surface area contributed by atoms with Gasteiger partial charge in [0.2, 0.25) is 0 Å². The second kappa shape index (κ2) is 5.93. The minimum atomic E-state index is -0.743. The van der Waals surface area contributed by atoms with Crippen LogP contribution in [0.3, 0.4) is 0 Å². The van der Waals surface area contributed by atoms with E-state index in [0.29, 0.717) is 22.6 Å². The molecule has 0 aromatic heterocycles. The number of benzene rings is 2. The first-order chi connectivity index (χ1) is 9.61. The van der Waals surface area contributed by atoms with Crippen molar-refractivity contribution in [3.63, 3.8) is 0 Å². The molecule has 102 valence electrons. The first kappa shape index (κ1) is 13.7. The van der Waals surface area contributed by atoms with E-state index in [9.17, 15) is 9.50 Å². The Balaban J connectivity index is 2.17. The summed E-state index contributed by atoms with van der Waals surface area (Å²) in [5, 5.41) is 17.8. The molecule has 0 aliphatic carbocycles. The fourth-order valence-electron chi connectivity index (χ4n) is 1.73. The fraction of sp³-hybridized carbons (Fsp3) is 0.133. The first-order valence-electron chi connectivity index (χ1n) is 5.87. The molecule has 2 rings (SSSR count). The Morgan fingerprint density at radius 2 is 2.00 bits per heavy atom. The van der Waals surface area contributed by atoms with Crippen LogP contribution in [-0.4, -0.2) is 5.11 Å². The topological polar surface area (TPSA) is 62.5 Å². The highest BCUT2D eigenvalue weighted by Gasteiger charge is 2.09. The number of hydrogen-bond donors (Lipinski definition) is 1. The monoisotopic (exact) mass is 273 g/mol. The number of phenols is 1. The van der Waals surface area contributed by atoms with E-state index < -0.39 is 11.6 Å². The highest BCUT2D eigenvalue weighted by Crippen LogP contribution is 2.28. The van der Waals surface area contributed by atoms with E-state index >= 15 is 0 Å². The number of phenolic OH excluding ortho intramolecular Hbond substituents is 1. The van der Waals surface area contributed by atoms with Crippen LogP contribution in [0.2, 0.25) is 0 Å². The molecular formula is C15H12FNO3. The van der Waals surface area contributed by atoms with Gasteiger partial charge in [-0.1, -0.05) is 18.2 Å². The Hall–Kier alpha value is -2.74. The highest BCUT2D eigenvalue weighted by atomic mass is 19.1. The molecule has 0 unspecified atom stereocenters. The van der Waals surface area contributed by atoms with Gasteiger partial charge in [0.25, 0.3) is 6.26 Å². The molecule has 0 saturated heterocycles. The first-order valence-corrected chi connectivity index (χ1v) is 5.87. The van der Waals surface area contributed by atoms with Crippen molar-refractivity contribution in [3.8, 4) is 23.5 Å². The van der Waals surface area contributed by atoms with Gasteiger partial charge in [-0.2, -0.15) is 0 Å². The highest BCUT2D eigenvalue weighted by molar-refractivity contribution is 5.40. The lowest BCUT2D eigenvalue weighted by molar-refractivity contribution is 0.296. The summed E-state index contributed by atoms with van der Waals surface area (Å²) >= 11 is 0. The summed E-state index contributed by atoms with van der Waals surface area (Å²) in [6.45, 7) is 1.83. The van der Waals surface area contributed by atoms with Crippen LogP contribution in [0, 0.1) is 24.3 Å². The third-order valence-electron chi connectivity index (χ3n) is 2.76. The number of nitriles is 1. The Bertz CT molecular complexity index is 665. The average Bonchev–Trinajstić information content (AvgIpc) is 2.43. The summed E-state index contributed by atoms with van der Waals surface area (Å²) in [6.07, 6.45) is 1.60. The zero-order valence-electron chi connectivity index (χ0n) is 10.8. The molecule has 0 saturated carbocycles. The molecule has 0 heterocycles. The Labute approximate surface area is 115 Å². The standard InChI is InChI=1S/C15H12FNO3/c1-10-6-13(18)12(16)7-15(10)19-8-11-4-2-3-5-14(11)20-9-17/h2-7,18H,8H2,1H3. The van der Waals surface area contributed by atoms with Crippen molar-refractivity contribution in [2.24, 2.45) is 0 Å². The molecule has 1 N–H and O–H groups in total. The van der Waals surface area contributed by atoms with Gasteiger partial charge in [0.05, 0.1) is 0 Å². The SMILES string of the molecule is Cc1cc(O)c(F)cc1OCc1ccccc1OC#N. The van der Waals surface area contributed by atoms with Crippen LogP contribution in [0.15, 0.2) is 36.4 Å². The minimum Gasteiger partial charge on any atom is -0.505 e. The molecule has 4 nitrogen and oxygen atoms in total. The summed E-state index contributed by atoms with van der Waals surface area (Å²) in [5.41, 5.74) is 1.28. The number of ether oxygens (including phenoxy) is 2. The van der Waals surface area contributed by atoms with E-state index in [4.69, 9.17) is 14.7 Å². The number of aromatic hydroxyl groups is 1. The van der Waals surface area contributed by atoms with Crippen LogP contribution in [0.5, 0.6) is 17.2 Å². The molecular weight excluding hydrogens is 261 g/mol. The van der Waals surface area contributed by atoms with Gasteiger partial charge in [0, 0.05) is 11.6 Å². The van der Waals surface area contributed by atoms with Gasteiger partial charge in [-0.25, -0.2) is 4.39 Å². The second-order valence-electron chi connectivity index (χ2n) is 4.16. The minimum absolute atomic E-state index is 0.128. The summed E-state index contributed by atoms with van der Waals surface area (Å²) < 4.78 is 23.6. The number of rotatable bonds is 4. The third kappa shape index (κ3) is 2.98. The summed E-state index contributed by atoms with van der Waals surface area (Å²) in [4.78, 5) is 0. The van der Waals surface area contributed by atoms with Crippen molar-refractivity contribution in [2.75, 3.05) is 0 Å². The van der Waals surface area contributed by atoms with E-state index in [2.05, 4.69) is 0 Å². The molecule has 0 aliphatic rings. The number of halogens is 1. The van der Waals surface area contributed by atoms with Gasteiger partial charge in [-0.15, -0.1) is 5.26 Å². The van der Waals surface area contributed by atoms with E-state index in [0.717, 1.165) is 6.07 Å². The van der Waals surface area contributed by atoms with Crippen molar-refractivity contribution < 1.29 is 19.0 Å². The molecule has 2 aromatic rings. The predicted octanol–water partition coefficient (Wildman–Crippen LogP) is 3.28. The van der Waals surface area contributed by atoms with Gasteiger partial charge >= 0.3 is 0 Å². The Morgan fingerprint density at radius 1 is 1.25 bits per heavy atom. The lowest BCUT2D eigenvalue weighted by atomic mass is 10.2. The van der Waals surface area contributed by atoms with Crippen molar-refractivity contribution in [2.45, 2.75) is 13.5 Å². The third-order valence-corrected chi connectivity index (χ3v) is 2.76. The molecule has 0 bridgehead atoms. The molecule has 0 radical (unpaired) electrons. The predicted molar refractivity (Wildman–Crippen MR) is 69.8 cm³/mol. The van der Waals surface area contributed by atoms with Gasteiger partial charge < -0.3 is 14.6 Å². The quantitative estimate of drug-likeness (QED) is 0.868. The van der Waals surface area contributed by atoms with E-state index in [-0.39, 0.29) is 6.61 Å². The zero-order chi connectivity index (χ0) is 14.5. The maximum absolute atomic E-state index is 13.3. The number of aryl methyl sites for hydroxylation is 1. The molecule has 20 heavy (non-hydrogen) atoms. The van der Waals surface area contributed by atoms with Crippen LogP contribution in [-0.2, 0) is 6.61 Å². The van der Waals surface area contributed by atoms with Gasteiger partial charge in [0.1, 0.15) is 18.1 Å². The zero-order valence-corrected chi connectivity index (χ0v) is 10.8. The van der Waals surface area contributed by atoms with Gasteiger partial charge in [-0.05, 0) is 24.6 Å². The molecule has 0 aliphatic heterocycles. The van der Waals surface area contributed by atoms with Crippen LogP contribution in [0.25, 0.3) is 0 Å². The maximum Gasteiger partial charge on any atom is 0.292 e. The van der Waals surface area contributed by atoms with Crippen molar-refractivity contribution >= 4 is 0 Å². The van der Waals surface area contributed by atoms with E-state index in [1.54, 1.807) is 37.4 Å². The van der Waals surface area contributed by atoms with E-state index in [1.165, 1.54) is 6.07 Å². The van der Waals surface area contributed by atoms with Crippen molar-refractivity contribution in [1.82, 2.24) is 0 Å².